The average Bonchev–Trinajstić information content (AvgIpc) is 3.15. The highest BCUT2D eigenvalue weighted by atomic mass is 16.5. The number of hydrogen-bond acceptors (Lipinski definition) is 3. The number of likely N-dealkylation sites (tertiary alicyclic amines) is 1. The summed E-state index contributed by atoms with van der Waals surface area (Å²) in [6.07, 6.45) is 8.91. The van der Waals surface area contributed by atoms with Crippen molar-refractivity contribution >= 4 is 0 Å². The van der Waals surface area contributed by atoms with Crippen LogP contribution in [0.2, 0.25) is 0 Å². The molecule has 1 aromatic rings. The molecule has 3 fully saturated rings. The lowest BCUT2D eigenvalue weighted by Crippen LogP contribution is -2.59. The van der Waals surface area contributed by atoms with Gasteiger partial charge >= 0.3 is 0 Å². The Bertz CT molecular complexity index is 510. The van der Waals surface area contributed by atoms with Gasteiger partial charge in [0.05, 0.1) is 18.8 Å². The van der Waals surface area contributed by atoms with Crippen LogP contribution in [0.5, 0.6) is 0 Å². The number of hydrogen-bond donors (Lipinski definition) is 0. The highest BCUT2D eigenvalue weighted by Gasteiger charge is 2.52. The first kappa shape index (κ1) is 13.8. The Morgan fingerprint density at radius 2 is 2.05 bits per heavy atom. The van der Waals surface area contributed by atoms with Gasteiger partial charge in [0.1, 0.15) is 0 Å². The normalized spacial score (nSPS) is 25.6. The van der Waals surface area contributed by atoms with E-state index in [-0.39, 0.29) is 0 Å². The van der Waals surface area contributed by atoms with Gasteiger partial charge in [-0.2, -0.15) is 5.10 Å². The highest BCUT2D eigenvalue weighted by molar-refractivity contribution is 5.18. The van der Waals surface area contributed by atoms with E-state index >= 15 is 0 Å². The lowest BCUT2D eigenvalue weighted by atomic mass is 9.75. The molecule has 3 aliphatic rings. The van der Waals surface area contributed by atoms with Crippen LogP contribution in [0.3, 0.4) is 0 Å². The topological polar surface area (TPSA) is 30.3 Å². The molecule has 0 radical (unpaired) electrons. The molecule has 1 aromatic heterocycles. The zero-order valence-corrected chi connectivity index (χ0v) is 13.3. The number of ether oxygens (including phenoxy) is 1. The van der Waals surface area contributed by atoms with Crippen molar-refractivity contribution in [2.24, 2.45) is 11.3 Å². The summed E-state index contributed by atoms with van der Waals surface area (Å²) in [6, 6.07) is 0.675. The van der Waals surface area contributed by atoms with Gasteiger partial charge in [0.25, 0.3) is 0 Å². The summed E-state index contributed by atoms with van der Waals surface area (Å²) < 4.78 is 7.75. The van der Waals surface area contributed by atoms with Crippen LogP contribution in [0.15, 0.2) is 6.20 Å². The molecule has 116 valence electrons. The van der Waals surface area contributed by atoms with Gasteiger partial charge in [0.2, 0.25) is 0 Å². The molecule has 4 heteroatoms. The van der Waals surface area contributed by atoms with Crippen molar-refractivity contribution in [3.05, 3.63) is 17.5 Å². The summed E-state index contributed by atoms with van der Waals surface area (Å²) in [5, 5.41) is 4.63. The van der Waals surface area contributed by atoms with Gasteiger partial charge in [0, 0.05) is 43.4 Å². The fourth-order valence-electron chi connectivity index (χ4n) is 4.26. The van der Waals surface area contributed by atoms with Crippen molar-refractivity contribution in [1.29, 1.82) is 0 Å². The lowest BCUT2D eigenvalue weighted by molar-refractivity contribution is -0.0734. The Morgan fingerprint density at radius 3 is 2.62 bits per heavy atom. The Labute approximate surface area is 127 Å². The second kappa shape index (κ2) is 5.10. The van der Waals surface area contributed by atoms with Crippen LogP contribution in [0.1, 0.15) is 49.4 Å². The third-order valence-corrected chi connectivity index (χ3v) is 5.91. The molecule has 4 nitrogen and oxygen atoms in total. The van der Waals surface area contributed by atoms with Crippen molar-refractivity contribution in [2.45, 2.75) is 51.6 Å². The maximum Gasteiger partial charge on any atom is 0.0545 e. The van der Waals surface area contributed by atoms with Crippen LogP contribution in [0, 0.1) is 18.3 Å². The molecule has 2 saturated carbocycles. The Kier molecular flexibility index (Phi) is 3.34. The minimum absolute atomic E-state index is 0.465. The van der Waals surface area contributed by atoms with Crippen LogP contribution in [0.4, 0.5) is 0 Å². The fraction of sp³-hybridized carbons (Fsp3) is 0.824. The molecule has 0 spiro atoms. The lowest BCUT2D eigenvalue weighted by Gasteiger charge is -2.50. The van der Waals surface area contributed by atoms with Gasteiger partial charge in [-0.15, -0.1) is 0 Å². The summed E-state index contributed by atoms with van der Waals surface area (Å²) >= 11 is 0. The second-order valence-corrected chi connectivity index (χ2v) is 7.50. The van der Waals surface area contributed by atoms with E-state index in [0.29, 0.717) is 11.5 Å². The van der Waals surface area contributed by atoms with Crippen molar-refractivity contribution < 1.29 is 4.74 Å². The molecule has 0 bridgehead atoms. The van der Waals surface area contributed by atoms with E-state index in [1.165, 1.54) is 56.5 Å². The van der Waals surface area contributed by atoms with Gasteiger partial charge in [-0.25, -0.2) is 0 Å². The quantitative estimate of drug-likeness (QED) is 0.806. The molecule has 4 rings (SSSR count). The Balaban J connectivity index is 1.38. The van der Waals surface area contributed by atoms with Crippen molar-refractivity contribution in [2.75, 3.05) is 26.8 Å². The van der Waals surface area contributed by atoms with Gasteiger partial charge in [0.15, 0.2) is 0 Å². The maximum absolute atomic E-state index is 5.49. The summed E-state index contributed by atoms with van der Waals surface area (Å²) in [7, 11) is 1.85. The molecular formula is C17H27N3O. The standard InChI is InChI=1S/C17H27N3O/c1-13-14(8-18-20(13)16-4-3-5-16)9-19-10-17(11-19,12-21-2)15-6-7-15/h8,15-16H,3-7,9-12H2,1-2H3. The van der Waals surface area contributed by atoms with Gasteiger partial charge < -0.3 is 4.74 Å². The Hall–Kier alpha value is -0.870. The number of rotatable bonds is 6. The average molecular weight is 289 g/mol. The summed E-state index contributed by atoms with van der Waals surface area (Å²) in [6.45, 7) is 6.66. The second-order valence-electron chi connectivity index (χ2n) is 7.50. The molecule has 0 aromatic carbocycles. The fourth-order valence-corrected chi connectivity index (χ4v) is 4.26. The highest BCUT2D eigenvalue weighted by Crippen LogP contribution is 2.51. The van der Waals surface area contributed by atoms with Crippen LogP contribution in [0.25, 0.3) is 0 Å². The maximum atomic E-state index is 5.49. The monoisotopic (exact) mass is 289 g/mol. The van der Waals surface area contributed by atoms with Gasteiger partial charge in [-0.3, -0.25) is 9.58 Å². The number of aromatic nitrogens is 2. The van der Waals surface area contributed by atoms with Crippen LogP contribution >= 0.6 is 0 Å². The van der Waals surface area contributed by atoms with E-state index in [0.717, 1.165) is 19.1 Å². The van der Waals surface area contributed by atoms with Crippen LogP contribution in [-0.2, 0) is 11.3 Å². The van der Waals surface area contributed by atoms with Crippen LogP contribution in [-0.4, -0.2) is 41.5 Å². The Morgan fingerprint density at radius 1 is 1.29 bits per heavy atom. The third-order valence-electron chi connectivity index (χ3n) is 5.91. The zero-order valence-electron chi connectivity index (χ0n) is 13.3. The van der Waals surface area contributed by atoms with E-state index in [4.69, 9.17) is 4.74 Å². The molecule has 1 saturated heterocycles. The van der Waals surface area contributed by atoms with Gasteiger partial charge in [-0.1, -0.05) is 0 Å². The largest absolute Gasteiger partial charge is 0.384 e. The predicted molar refractivity (Wildman–Crippen MR) is 82.2 cm³/mol. The summed E-state index contributed by atoms with van der Waals surface area (Å²) in [4.78, 5) is 2.58. The van der Waals surface area contributed by atoms with Crippen molar-refractivity contribution in [1.82, 2.24) is 14.7 Å². The molecule has 0 atom stereocenters. The first-order valence-corrected chi connectivity index (χ1v) is 8.46. The van der Waals surface area contributed by atoms with E-state index in [1.54, 1.807) is 0 Å². The van der Waals surface area contributed by atoms with Crippen molar-refractivity contribution in [3.8, 4) is 0 Å². The molecule has 2 aliphatic carbocycles. The molecular weight excluding hydrogens is 262 g/mol. The minimum atomic E-state index is 0.465. The summed E-state index contributed by atoms with van der Waals surface area (Å²) in [5.41, 5.74) is 3.27. The summed E-state index contributed by atoms with van der Waals surface area (Å²) in [5.74, 6) is 0.924. The molecule has 21 heavy (non-hydrogen) atoms. The van der Waals surface area contributed by atoms with Gasteiger partial charge in [-0.05, 0) is 44.9 Å². The molecule has 0 amide bonds. The SMILES string of the molecule is COCC1(C2CC2)CN(Cc2cnn(C3CCC3)c2C)C1. The molecule has 0 N–H and O–H groups in total. The smallest absolute Gasteiger partial charge is 0.0545 e. The first-order valence-electron chi connectivity index (χ1n) is 8.46. The first-order chi connectivity index (χ1) is 10.2. The van der Waals surface area contributed by atoms with E-state index in [9.17, 15) is 0 Å². The number of methoxy groups -OCH3 is 1. The number of nitrogens with zero attached hydrogens (tertiary/aromatic N) is 3. The molecule has 1 aliphatic heterocycles. The van der Waals surface area contributed by atoms with Crippen LogP contribution < -0.4 is 0 Å². The third kappa shape index (κ3) is 2.33. The van der Waals surface area contributed by atoms with E-state index < -0.39 is 0 Å². The van der Waals surface area contributed by atoms with E-state index in [2.05, 4.69) is 27.8 Å². The predicted octanol–water partition coefficient (Wildman–Crippen LogP) is 2.77. The minimum Gasteiger partial charge on any atom is -0.384 e. The molecule has 2 heterocycles. The molecule has 0 unspecified atom stereocenters. The van der Waals surface area contributed by atoms with E-state index in [1.807, 2.05) is 7.11 Å². The zero-order chi connectivity index (χ0) is 14.4. The van der Waals surface area contributed by atoms with Crippen molar-refractivity contribution in [3.63, 3.8) is 0 Å².